The molecule has 1 aromatic carbocycles. The molecule has 0 atom stereocenters. The van der Waals surface area contributed by atoms with Gasteiger partial charge in [-0.2, -0.15) is 0 Å². The van der Waals surface area contributed by atoms with Crippen molar-refractivity contribution in [1.82, 2.24) is 4.90 Å². The number of nitrogens with zero attached hydrogens (tertiary/aromatic N) is 1. The molecule has 0 aliphatic carbocycles. The highest BCUT2D eigenvalue weighted by molar-refractivity contribution is 5.99. The lowest BCUT2D eigenvalue weighted by molar-refractivity contribution is 0.0320. The molecule has 0 unspecified atom stereocenters. The number of fused-ring (bicyclic) bond motifs is 1. The van der Waals surface area contributed by atoms with E-state index in [0.717, 1.165) is 32.8 Å². The van der Waals surface area contributed by atoms with Crippen molar-refractivity contribution < 1.29 is 28.2 Å². The monoisotopic (exact) mass is 335 g/mol. The van der Waals surface area contributed by atoms with Crippen LogP contribution in [-0.4, -0.2) is 64.5 Å². The fourth-order valence-corrected chi connectivity index (χ4v) is 2.65. The summed E-state index contributed by atoms with van der Waals surface area (Å²) in [6.45, 7) is 4.43. The first-order valence-corrected chi connectivity index (χ1v) is 7.84. The van der Waals surface area contributed by atoms with Crippen molar-refractivity contribution in [3.05, 3.63) is 24.0 Å². The number of methoxy groups -OCH3 is 2. The van der Waals surface area contributed by atoms with Crippen LogP contribution in [0, 0.1) is 0 Å². The number of carbonyl (C=O) groups excluding carboxylic acids is 1. The quantitative estimate of drug-likeness (QED) is 0.747. The van der Waals surface area contributed by atoms with Gasteiger partial charge in [0.15, 0.2) is 5.75 Å². The SMILES string of the molecule is COC(=O)c1oc2ccc(OC)cc2c1OCCN1CCOCC1. The van der Waals surface area contributed by atoms with Crippen LogP contribution in [-0.2, 0) is 9.47 Å². The molecule has 130 valence electrons. The molecule has 1 aliphatic heterocycles. The maximum absolute atomic E-state index is 12.0. The Kier molecular flexibility index (Phi) is 5.22. The first-order valence-electron chi connectivity index (χ1n) is 7.84. The summed E-state index contributed by atoms with van der Waals surface area (Å²) >= 11 is 0. The summed E-state index contributed by atoms with van der Waals surface area (Å²) in [4.78, 5) is 14.2. The van der Waals surface area contributed by atoms with Crippen molar-refractivity contribution in [2.45, 2.75) is 0 Å². The van der Waals surface area contributed by atoms with Gasteiger partial charge in [-0.3, -0.25) is 4.90 Å². The van der Waals surface area contributed by atoms with E-state index < -0.39 is 5.97 Å². The predicted octanol–water partition coefficient (Wildman–Crippen LogP) is 1.94. The zero-order valence-corrected chi connectivity index (χ0v) is 13.9. The van der Waals surface area contributed by atoms with Gasteiger partial charge in [0.2, 0.25) is 0 Å². The Hall–Kier alpha value is -2.25. The predicted molar refractivity (Wildman–Crippen MR) is 86.9 cm³/mol. The minimum atomic E-state index is -0.563. The molecule has 1 aromatic heterocycles. The molecule has 1 fully saturated rings. The molecule has 2 aromatic rings. The molecule has 0 bridgehead atoms. The number of rotatable bonds is 6. The summed E-state index contributed by atoms with van der Waals surface area (Å²) in [6.07, 6.45) is 0. The van der Waals surface area contributed by atoms with Gasteiger partial charge in [0, 0.05) is 19.6 Å². The van der Waals surface area contributed by atoms with Crippen molar-refractivity contribution in [2.24, 2.45) is 0 Å². The van der Waals surface area contributed by atoms with Gasteiger partial charge in [0.25, 0.3) is 5.76 Å². The fourth-order valence-electron chi connectivity index (χ4n) is 2.65. The molecular formula is C17H21NO6. The Bertz CT molecular complexity index is 704. The molecule has 0 amide bonds. The topological polar surface area (TPSA) is 70.4 Å². The maximum atomic E-state index is 12.0. The summed E-state index contributed by atoms with van der Waals surface area (Å²) < 4.78 is 26.8. The third kappa shape index (κ3) is 3.47. The molecule has 7 nitrogen and oxygen atoms in total. The normalized spacial score (nSPS) is 15.4. The molecular weight excluding hydrogens is 314 g/mol. The van der Waals surface area contributed by atoms with Crippen LogP contribution in [0.25, 0.3) is 11.0 Å². The van der Waals surface area contributed by atoms with E-state index in [2.05, 4.69) is 4.90 Å². The van der Waals surface area contributed by atoms with Crippen LogP contribution in [0.4, 0.5) is 0 Å². The Balaban J connectivity index is 1.81. The second-order valence-corrected chi connectivity index (χ2v) is 5.42. The van der Waals surface area contributed by atoms with E-state index in [1.165, 1.54) is 7.11 Å². The highest BCUT2D eigenvalue weighted by Gasteiger charge is 2.23. The second kappa shape index (κ2) is 7.55. The maximum Gasteiger partial charge on any atom is 0.377 e. The van der Waals surface area contributed by atoms with E-state index in [1.54, 1.807) is 25.3 Å². The number of carbonyl (C=O) groups is 1. The minimum Gasteiger partial charge on any atom is -0.497 e. The van der Waals surface area contributed by atoms with Gasteiger partial charge in [-0.05, 0) is 18.2 Å². The van der Waals surface area contributed by atoms with E-state index >= 15 is 0 Å². The summed E-state index contributed by atoms with van der Waals surface area (Å²) in [5.74, 6) is 0.566. The van der Waals surface area contributed by atoms with Crippen LogP contribution in [0.1, 0.15) is 10.6 Å². The summed E-state index contributed by atoms with van der Waals surface area (Å²) in [5, 5.41) is 0.691. The van der Waals surface area contributed by atoms with Crippen molar-refractivity contribution in [3.63, 3.8) is 0 Å². The molecule has 0 radical (unpaired) electrons. The van der Waals surface area contributed by atoms with Crippen molar-refractivity contribution in [3.8, 4) is 11.5 Å². The summed E-state index contributed by atoms with van der Waals surface area (Å²) in [5.41, 5.74) is 0.553. The van der Waals surface area contributed by atoms with Gasteiger partial charge in [0.1, 0.15) is 17.9 Å². The summed E-state index contributed by atoms with van der Waals surface area (Å²) in [6, 6.07) is 5.30. The Labute approximate surface area is 140 Å². The average molecular weight is 335 g/mol. The lowest BCUT2D eigenvalue weighted by Gasteiger charge is -2.26. The molecule has 3 rings (SSSR count). The van der Waals surface area contributed by atoms with Crippen molar-refractivity contribution >= 4 is 16.9 Å². The Morgan fingerprint density at radius 1 is 1.25 bits per heavy atom. The molecule has 2 heterocycles. The van der Waals surface area contributed by atoms with E-state index in [1.807, 2.05) is 0 Å². The molecule has 0 N–H and O–H groups in total. The minimum absolute atomic E-state index is 0.0720. The van der Waals surface area contributed by atoms with Crippen LogP contribution in [0.3, 0.4) is 0 Å². The Morgan fingerprint density at radius 3 is 2.75 bits per heavy atom. The van der Waals surface area contributed by atoms with Gasteiger partial charge in [-0.25, -0.2) is 4.79 Å². The van der Waals surface area contributed by atoms with E-state index in [9.17, 15) is 4.79 Å². The third-order valence-electron chi connectivity index (χ3n) is 3.98. The number of benzene rings is 1. The summed E-state index contributed by atoms with van der Waals surface area (Å²) in [7, 11) is 2.90. The molecule has 24 heavy (non-hydrogen) atoms. The fraction of sp³-hybridized carbons (Fsp3) is 0.471. The number of furan rings is 1. The van der Waals surface area contributed by atoms with Crippen LogP contribution in [0.5, 0.6) is 11.5 Å². The first kappa shape index (κ1) is 16.6. The lowest BCUT2D eigenvalue weighted by Crippen LogP contribution is -2.38. The van der Waals surface area contributed by atoms with Crippen molar-refractivity contribution in [2.75, 3.05) is 53.7 Å². The molecule has 7 heteroatoms. The zero-order chi connectivity index (χ0) is 16.9. The number of hydrogen-bond acceptors (Lipinski definition) is 7. The smallest absolute Gasteiger partial charge is 0.377 e. The molecule has 1 aliphatic rings. The highest BCUT2D eigenvalue weighted by Crippen LogP contribution is 2.36. The van der Waals surface area contributed by atoms with E-state index in [4.69, 9.17) is 23.4 Å². The number of ether oxygens (including phenoxy) is 4. The molecule has 0 saturated carbocycles. The average Bonchev–Trinajstić information content (AvgIpc) is 2.99. The standard InChI is InChI=1S/C17H21NO6/c1-20-12-3-4-14-13(11-12)15(16(24-14)17(19)21-2)23-10-7-18-5-8-22-9-6-18/h3-4,11H,5-10H2,1-2H3. The second-order valence-electron chi connectivity index (χ2n) is 5.42. The molecule has 1 saturated heterocycles. The van der Waals surface area contributed by atoms with E-state index in [0.29, 0.717) is 29.1 Å². The van der Waals surface area contributed by atoms with Gasteiger partial charge in [-0.15, -0.1) is 0 Å². The largest absolute Gasteiger partial charge is 0.497 e. The van der Waals surface area contributed by atoms with Crippen molar-refractivity contribution in [1.29, 1.82) is 0 Å². The number of hydrogen-bond donors (Lipinski definition) is 0. The van der Waals surface area contributed by atoms with Crippen LogP contribution in [0.15, 0.2) is 22.6 Å². The van der Waals surface area contributed by atoms with Gasteiger partial charge < -0.3 is 23.4 Å². The van der Waals surface area contributed by atoms with Crippen LogP contribution < -0.4 is 9.47 Å². The number of morpholine rings is 1. The van der Waals surface area contributed by atoms with Crippen LogP contribution in [0.2, 0.25) is 0 Å². The first-order chi connectivity index (χ1) is 11.7. The highest BCUT2D eigenvalue weighted by atomic mass is 16.5. The van der Waals surface area contributed by atoms with Crippen LogP contribution >= 0.6 is 0 Å². The lowest BCUT2D eigenvalue weighted by atomic mass is 10.2. The number of esters is 1. The molecule has 0 spiro atoms. The van der Waals surface area contributed by atoms with Gasteiger partial charge in [0.05, 0.1) is 32.8 Å². The zero-order valence-electron chi connectivity index (χ0n) is 13.9. The van der Waals surface area contributed by atoms with Gasteiger partial charge in [-0.1, -0.05) is 0 Å². The third-order valence-corrected chi connectivity index (χ3v) is 3.98. The van der Waals surface area contributed by atoms with Gasteiger partial charge >= 0.3 is 5.97 Å². The van der Waals surface area contributed by atoms with E-state index in [-0.39, 0.29) is 5.76 Å². The Morgan fingerprint density at radius 2 is 2.04 bits per heavy atom.